The lowest BCUT2D eigenvalue weighted by Crippen LogP contribution is -2.50. The highest BCUT2D eigenvalue weighted by atomic mass is 32.2. The summed E-state index contributed by atoms with van der Waals surface area (Å²) in [5.41, 5.74) is 0. The van der Waals surface area contributed by atoms with Gasteiger partial charge in [-0.2, -0.15) is 17.5 Å². The number of nitrogens with one attached hydrogen (secondary N) is 1. The Morgan fingerprint density at radius 3 is 2.16 bits per heavy atom. The van der Waals surface area contributed by atoms with Crippen LogP contribution >= 0.6 is 0 Å². The van der Waals surface area contributed by atoms with Crippen LogP contribution in [-0.2, 0) is 10.0 Å². The molecule has 0 aromatic carbocycles. The third kappa shape index (κ3) is 4.61. The molecule has 1 saturated carbocycles. The molecule has 0 aromatic rings. The van der Waals surface area contributed by atoms with Gasteiger partial charge in [0.1, 0.15) is 6.54 Å². The SMILES string of the molecule is O=S(=O)(CC1CC1)N(CC(F)(F)F)C1CCNCC1. The minimum atomic E-state index is -4.48. The molecule has 0 spiro atoms. The monoisotopic (exact) mass is 300 g/mol. The predicted molar refractivity (Wildman–Crippen MR) is 65.2 cm³/mol. The van der Waals surface area contributed by atoms with E-state index in [4.69, 9.17) is 0 Å². The van der Waals surface area contributed by atoms with Crippen molar-refractivity contribution in [2.75, 3.05) is 25.4 Å². The largest absolute Gasteiger partial charge is 0.402 e. The summed E-state index contributed by atoms with van der Waals surface area (Å²) in [4.78, 5) is 0. The van der Waals surface area contributed by atoms with Crippen LogP contribution < -0.4 is 5.32 Å². The van der Waals surface area contributed by atoms with Crippen LogP contribution in [0.25, 0.3) is 0 Å². The van der Waals surface area contributed by atoms with E-state index in [1.807, 2.05) is 0 Å². The Kier molecular flexibility index (Phi) is 4.42. The van der Waals surface area contributed by atoms with E-state index in [2.05, 4.69) is 5.32 Å². The van der Waals surface area contributed by atoms with Gasteiger partial charge in [-0.05, 0) is 44.7 Å². The summed E-state index contributed by atoms with van der Waals surface area (Å²) in [6, 6.07) is -0.522. The highest BCUT2D eigenvalue weighted by Gasteiger charge is 2.42. The molecule has 8 heteroatoms. The number of rotatable bonds is 5. The lowest BCUT2D eigenvalue weighted by Gasteiger charge is -2.34. The van der Waals surface area contributed by atoms with Crippen LogP contribution in [0.1, 0.15) is 25.7 Å². The maximum atomic E-state index is 12.6. The first kappa shape index (κ1) is 15.1. The molecule has 0 radical (unpaired) electrons. The topological polar surface area (TPSA) is 49.4 Å². The summed E-state index contributed by atoms with van der Waals surface area (Å²) in [5.74, 6) is -0.0741. The summed E-state index contributed by atoms with van der Waals surface area (Å²) in [5, 5.41) is 3.03. The molecule has 1 saturated heterocycles. The molecule has 2 fully saturated rings. The van der Waals surface area contributed by atoms with Crippen LogP contribution in [0.15, 0.2) is 0 Å². The van der Waals surface area contributed by atoms with E-state index in [0.717, 1.165) is 12.8 Å². The van der Waals surface area contributed by atoms with Gasteiger partial charge < -0.3 is 5.32 Å². The second-order valence-corrected chi connectivity index (χ2v) is 7.33. The molecular weight excluding hydrogens is 281 g/mol. The van der Waals surface area contributed by atoms with E-state index in [1.165, 1.54) is 0 Å². The van der Waals surface area contributed by atoms with Crippen molar-refractivity contribution in [1.82, 2.24) is 9.62 Å². The first-order valence-corrected chi connectivity index (χ1v) is 8.16. The van der Waals surface area contributed by atoms with Gasteiger partial charge in [0.2, 0.25) is 10.0 Å². The zero-order chi connectivity index (χ0) is 14.1. The van der Waals surface area contributed by atoms with Crippen molar-refractivity contribution in [1.29, 1.82) is 0 Å². The molecule has 1 aliphatic carbocycles. The van der Waals surface area contributed by atoms with Crippen molar-refractivity contribution in [3.8, 4) is 0 Å². The maximum Gasteiger partial charge on any atom is 0.402 e. The van der Waals surface area contributed by atoms with Gasteiger partial charge >= 0.3 is 6.18 Å². The van der Waals surface area contributed by atoms with Crippen molar-refractivity contribution in [2.45, 2.75) is 37.9 Å². The maximum absolute atomic E-state index is 12.6. The van der Waals surface area contributed by atoms with Crippen LogP contribution in [0.3, 0.4) is 0 Å². The quantitative estimate of drug-likeness (QED) is 0.833. The number of hydrogen-bond acceptors (Lipinski definition) is 3. The van der Waals surface area contributed by atoms with Gasteiger partial charge in [-0.3, -0.25) is 0 Å². The fraction of sp³-hybridized carbons (Fsp3) is 1.00. The van der Waals surface area contributed by atoms with E-state index in [1.54, 1.807) is 0 Å². The van der Waals surface area contributed by atoms with Gasteiger partial charge in [0, 0.05) is 6.04 Å². The molecule has 4 nitrogen and oxygen atoms in total. The summed E-state index contributed by atoms with van der Waals surface area (Å²) in [6.45, 7) is -0.220. The first-order valence-electron chi connectivity index (χ1n) is 6.55. The highest BCUT2D eigenvalue weighted by molar-refractivity contribution is 7.89. The molecule has 1 aliphatic heterocycles. The van der Waals surface area contributed by atoms with Crippen LogP contribution in [0.4, 0.5) is 13.2 Å². The normalized spacial score (nSPS) is 22.9. The molecule has 1 N–H and O–H groups in total. The van der Waals surface area contributed by atoms with E-state index in [9.17, 15) is 21.6 Å². The summed E-state index contributed by atoms with van der Waals surface area (Å²) >= 11 is 0. The Bertz CT molecular complexity index is 401. The number of halogens is 3. The average Bonchev–Trinajstić information content (AvgIpc) is 3.09. The fourth-order valence-corrected chi connectivity index (χ4v) is 4.53. The van der Waals surface area contributed by atoms with Gasteiger partial charge in [-0.25, -0.2) is 8.42 Å². The highest BCUT2D eigenvalue weighted by Crippen LogP contribution is 2.33. The van der Waals surface area contributed by atoms with Gasteiger partial charge in [-0.15, -0.1) is 0 Å². The number of hydrogen-bond donors (Lipinski definition) is 1. The van der Waals surface area contributed by atoms with Crippen LogP contribution in [0.5, 0.6) is 0 Å². The Hall–Kier alpha value is -0.340. The molecular formula is C11H19F3N2O2S. The van der Waals surface area contributed by atoms with Gasteiger partial charge in [-0.1, -0.05) is 0 Å². The second kappa shape index (κ2) is 5.57. The smallest absolute Gasteiger partial charge is 0.317 e. The van der Waals surface area contributed by atoms with E-state index in [0.29, 0.717) is 30.2 Å². The van der Waals surface area contributed by atoms with Crippen LogP contribution in [-0.4, -0.2) is 50.3 Å². The minimum absolute atomic E-state index is 0.0578. The zero-order valence-corrected chi connectivity index (χ0v) is 11.4. The van der Waals surface area contributed by atoms with Crippen molar-refractivity contribution in [3.63, 3.8) is 0 Å². The Morgan fingerprint density at radius 1 is 1.11 bits per heavy atom. The third-order valence-electron chi connectivity index (χ3n) is 3.55. The molecule has 0 bridgehead atoms. The lowest BCUT2D eigenvalue weighted by molar-refractivity contribution is -0.140. The molecule has 0 amide bonds. The van der Waals surface area contributed by atoms with E-state index >= 15 is 0 Å². The van der Waals surface area contributed by atoms with Crippen molar-refractivity contribution < 1.29 is 21.6 Å². The summed E-state index contributed by atoms with van der Waals surface area (Å²) in [6.07, 6.45) is -1.97. The number of sulfonamides is 1. The lowest BCUT2D eigenvalue weighted by atomic mass is 10.1. The van der Waals surface area contributed by atoms with Gasteiger partial charge in [0.05, 0.1) is 5.75 Å². The Labute approximate surface area is 111 Å². The molecule has 0 atom stereocenters. The van der Waals surface area contributed by atoms with Gasteiger partial charge in [0.25, 0.3) is 0 Å². The number of piperidine rings is 1. The third-order valence-corrected chi connectivity index (χ3v) is 5.59. The van der Waals surface area contributed by atoms with E-state index in [-0.39, 0.29) is 11.7 Å². The number of nitrogens with zero attached hydrogens (tertiary/aromatic N) is 1. The molecule has 0 aromatic heterocycles. The molecule has 0 unspecified atom stereocenters. The number of alkyl halides is 3. The van der Waals surface area contributed by atoms with Crippen LogP contribution in [0.2, 0.25) is 0 Å². The summed E-state index contributed by atoms with van der Waals surface area (Å²) < 4.78 is 62.9. The molecule has 19 heavy (non-hydrogen) atoms. The van der Waals surface area contributed by atoms with Crippen LogP contribution in [0, 0.1) is 5.92 Å². The van der Waals surface area contributed by atoms with Crippen molar-refractivity contribution in [2.24, 2.45) is 5.92 Å². The summed E-state index contributed by atoms with van der Waals surface area (Å²) in [7, 11) is -3.81. The Balaban J connectivity index is 2.11. The predicted octanol–water partition coefficient (Wildman–Crippen LogP) is 1.34. The average molecular weight is 300 g/mol. The second-order valence-electron chi connectivity index (χ2n) is 5.36. The Morgan fingerprint density at radius 2 is 1.68 bits per heavy atom. The molecule has 112 valence electrons. The molecule has 2 aliphatic rings. The standard InChI is InChI=1S/C11H19F3N2O2S/c12-11(13,14)8-16(10-3-5-15-6-4-10)19(17,18)7-9-1-2-9/h9-10,15H,1-8H2. The van der Waals surface area contributed by atoms with Crippen molar-refractivity contribution in [3.05, 3.63) is 0 Å². The first-order chi connectivity index (χ1) is 8.78. The zero-order valence-electron chi connectivity index (χ0n) is 10.6. The van der Waals surface area contributed by atoms with E-state index < -0.39 is 28.8 Å². The van der Waals surface area contributed by atoms with Gasteiger partial charge in [0.15, 0.2) is 0 Å². The minimum Gasteiger partial charge on any atom is -0.317 e. The molecule has 2 rings (SSSR count). The molecule has 1 heterocycles. The fourth-order valence-electron chi connectivity index (χ4n) is 2.40. The van der Waals surface area contributed by atoms with Crippen molar-refractivity contribution >= 4 is 10.0 Å².